The van der Waals surface area contributed by atoms with Gasteiger partial charge in [-0.1, -0.05) is 6.07 Å². The monoisotopic (exact) mass is 269 g/mol. The SMILES string of the molecule is Cc1ccc(NC(=O)[C@@H](O)[C@@H](O)[C@H](O)CO)cc1C. The van der Waals surface area contributed by atoms with Gasteiger partial charge < -0.3 is 25.7 Å². The first-order valence-corrected chi connectivity index (χ1v) is 5.90. The van der Waals surface area contributed by atoms with E-state index in [1.807, 2.05) is 19.9 Å². The quantitative estimate of drug-likeness (QED) is 0.486. The van der Waals surface area contributed by atoms with Crippen LogP contribution in [0.4, 0.5) is 5.69 Å². The van der Waals surface area contributed by atoms with E-state index in [9.17, 15) is 15.0 Å². The third kappa shape index (κ3) is 4.00. The minimum absolute atomic E-state index is 0.484. The molecule has 19 heavy (non-hydrogen) atoms. The highest BCUT2D eigenvalue weighted by atomic mass is 16.4. The van der Waals surface area contributed by atoms with E-state index < -0.39 is 30.8 Å². The summed E-state index contributed by atoms with van der Waals surface area (Å²) in [4.78, 5) is 11.7. The number of nitrogens with one attached hydrogen (secondary N) is 1. The van der Waals surface area contributed by atoms with Crippen molar-refractivity contribution in [3.63, 3.8) is 0 Å². The van der Waals surface area contributed by atoms with Crippen LogP contribution in [-0.2, 0) is 4.79 Å². The van der Waals surface area contributed by atoms with Crippen LogP contribution < -0.4 is 5.32 Å². The van der Waals surface area contributed by atoms with Crippen molar-refractivity contribution in [3.05, 3.63) is 29.3 Å². The standard InChI is InChI=1S/C13H19NO5/c1-7-3-4-9(5-8(7)2)14-13(19)12(18)11(17)10(16)6-15/h3-5,10-12,15-18H,6H2,1-2H3,(H,14,19)/t10-,11+,12+/m1/s1. The lowest BCUT2D eigenvalue weighted by atomic mass is 10.1. The van der Waals surface area contributed by atoms with E-state index in [1.165, 1.54) is 0 Å². The number of aryl methyl sites for hydroxylation is 2. The molecule has 0 aliphatic carbocycles. The molecular formula is C13H19NO5. The van der Waals surface area contributed by atoms with E-state index in [2.05, 4.69) is 5.32 Å². The lowest BCUT2D eigenvalue weighted by Crippen LogP contribution is -2.46. The van der Waals surface area contributed by atoms with E-state index in [1.54, 1.807) is 12.1 Å². The second kappa shape index (κ2) is 6.63. The van der Waals surface area contributed by atoms with Crippen LogP contribution in [0, 0.1) is 13.8 Å². The lowest BCUT2D eigenvalue weighted by molar-refractivity contribution is -0.137. The second-order valence-corrected chi connectivity index (χ2v) is 4.47. The maximum atomic E-state index is 11.7. The van der Waals surface area contributed by atoms with Gasteiger partial charge in [0.2, 0.25) is 0 Å². The number of carbonyl (C=O) groups excluding carboxylic acids is 1. The average molecular weight is 269 g/mol. The zero-order valence-corrected chi connectivity index (χ0v) is 10.9. The summed E-state index contributed by atoms with van der Waals surface area (Å²) in [6, 6.07) is 5.22. The van der Waals surface area contributed by atoms with Gasteiger partial charge in [0.25, 0.3) is 5.91 Å². The molecular weight excluding hydrogens is 250 g/mol. The van der Waals surface area contributed by atoms with Gasteiger partial charge in [-0.2, -0.15) is 0 Å². The Morgan fingerprint density at radius 2 is 1.84 bits per heavy atom. The van der Waals surface area contributed by atoms with Crippen LogP contribution in [-0.4, -0.2) is 51.3 Å². The van der Waals surface area contributed by atoms with Gasteiger partial charge in [0.05, 0.1) is 6.61 Å². The molecule has 0 heterocycles. The summed E-state index contributed by atoms with van der Waals surface area (Å²) in [6.07, 6.45) is -5.12. The molecule has 106 valence electrons. The molecule has 6 heteroatoms. The number of benzene rings is 1. The van der Waals surface area contributed by atoms with E-state index in [0.29, 0.717) is 5.69 Å². The number of rotatable bonds is 5. The molecule has 3 atom stereocenters. The highest BCUT2D eigenvalue weighted by Crippen LogP contribution is 2.15. The summed E-state index contributed by atoms with van der Waals surface area (Å²) < 4.78 is 0. The Morgan fingerprint density at radius 3 is 2.37 bits per heavy atom. The van der Waals surface area contributed by atoms with Crippen molar-refractivity contribution < 1.29 is 25.2 Å². The van der Waals surface area contributed by atoms with Crippen molar-refractivity contribution in [2.24, 2.45) is 0 Å². The third-order valence-corrected chi connectivity index (χ3v) is 2.95. The van der Waals surface area contributed by atoms with Crippen LogP contribution >= 0.6 is 0 Å². The first-order chi connectivity index (χ1) is 8.86. The largest absolute Gasteiger partial charge is 0.394 e. The summed E-state index contributed by atoms with van der Waals surface area (Å²) in [5.74, 6) is -0.844. The fourth-order valence-electron chi connectivity index (χ4n) is 1.51. The van der Waals surface area contributed by atoms with E-state index in [-0.39, 0.29) is 0 Å². The average Bonchev–Trinajstić information content (AvgIpc) is 2.40. The zero-order chi connectivity index (χ0) is 14.6. The highest BCUT2D eigenvalue weighted by Gasteiger charge is 2.29. The summed E-state index contributed by atoms with van der Waals surface area (Å²) in [5.41, 5.74) is 2.52. The minimum Gasteiger partial charge on any atom is -0.394 e. The van der Waals surface area contributed by atoms with Gasteiger partial charge in [-0.05, 0) is 37.1 Å². The van der Waals surface area contributed by atoms with Crippen molar-refractivity contribution in [2.75, 3.05) is 11.9 Å². The summed E-state index contributed by atoms with van der Waals surface area (Å²) in [5, 5.41) is 39.2. The fourth-order valence-corrected chi connectivity index (χ4v) is 1.51. The predicted octanol–water partition coefficient (Wildman–Crippen LogP) is -0.683. The van der Waals surface area contributed by atoms with Crippen molar-refractivity contribution in [3.8, 4) is 0 Å². The summed E-state index contributed by atoms with van der Waals surface area (Å²) in [7, 11) is 0. The molecule has 5 N–H and O–H groups in total. The van der Waals surface area contributed by atoms with Crippen LogP contribution in [0.15, 0.2) is 18.2 Å². The van der Waals surface area contributed by atoms with Gasteiger partial charge in [0.15, 0.2) is 6.10 Å². The molecule has 1 aromatic carbocycles. The zero-order valence-electron chi connectivity index (χ0n) is 10.9. The molecule has 0 unspecified atom stereocenters. The molecule has 0 aliphatic heterocycles. The second-order valence-electron chi connectivity index (χ2n) is 4.47. The van der Waals surface area contributed by atoms with Crippen molar-refractivity contribution in [1.29, 1.82) is 0 Å². The number of hydrogen-bond donors (Lipinski definition) is 5. The summed E-state index contributed by atoms with van der Waals surface area (Å²) in [6.45, 7) is 3.07. The molecule has 6 nitrogen and oxygen atoms in total. The molecule has 0 aromatic heterocycles. The van der Waals surface area contributed by atoms with Crippen LogP contribution in [0.25, 0.3) is 0 Å². The Kier molecular flexibility index (Phi) is 5.44. The number of hydrogen-bond acceptors (Lipinski definition) is 5. The Hall–Kier alpha value is -1.47. The van der Waals surface area contributed by atoms with Crippen LogP contribution in [0.1, 0.15) is 11.1 Å². The van der Waals surface area contributed by atoms with E-state index in [4.69, 9.17) is 10.2 Å². The van der Waals surface area contributed by atoms with Crippen LogP contribution in [0.2, 0.25) is 0 Å². The van der Waals surface area contributed by atoms with E-state index in [0.717, 1.165) is 11.1 Å². The first kappa shape index (κ1) is 15.6. The van der Waals surface area contributed by atoms with Gasteiger partial charge in [-0.25, -0.2) is 0 Å². The van der Waals surface area contributed by atoms with Gasteiger partial charge in [-0.3, -0.25) is 4.79 Å². The molecule has 0 spiro atoms. The number of anilines is 1. The minimum atomic E-state index is -1.82. The molecule has 1 aromatic rings. The maximum Gasteiger partial charge on any atom is 0.256 e. The number of carbonyl (C=O) groups is 1. The first-order valence-electron chi connectivity index (χ1n) is 5.90. The number of aliphatic hydroxyl groups excluding tert-OH is 4. The van der Waals surface area contributed by atoms with Gasteiger partial charge >= 0.3 is 0 Å². The predicted molar refractivity (Wildman–Crippen MR) is 69.7 cm³/mol. The number of amides is 1. The molecule has 0 saturated heterocycles. The van der Waals surface area contributed by atoms with Crippen LogP contribution in [0.5, 0.6) is 0 Å². The van der Waals surface area contributed by atoms with Crippen LogP contribution in [0.3, 0.4) is 0 Å². The molecule has 0 aliphatic rings. The molecule has 1 amide bonds. The third-order valence-electron chi connectivity index (χ3n) is 2.95. The molecule has 1 rings (SSSR count). The molecule has 0 bridgehead atoms. The van der Waals surface area contributed by atoms with Gasteiger partial charge in [0, 0.05) is 5.69 Å². The van der Waals surface area contributed by atoms with Crippen molar-refractivity contribution >= 4 is 11.6 Å². The summed E-state index contributed by atoms with van der Waals surface area (Å²) >= 11 is 0. The number of aliphatic hydroxyl groups is 4. The van der Waals surface area contributed by atoms with Gasteiger partial charge in [-0.15, -0.1) is 0 Å². The smallest absolute Gasteiger partial charge is 0.256 e. The Morgan fingerprint density at radius 1 is 1.21 bits per heavy atom. The van der Waals surface area contributed by atoms with Crippen molar-refractivity contribution in [1.82, 2.24) is 0 Å². The molecule has 0 fully saturated rings. The fraction of sp³-hybridized carbons (Fsp3) is 0.462. The van der Waals surface area contributed by atoms with E-state index >= 15 is 0 Å². The molecule has 0 radical (unpaired) electrons. The lowest BCUT2D eigenvalue weighted by Gasteiger charge is -2.21. The topological polar surface area (TPSA) is 110 Å². The maximum absolute atomic E-state index is 11.7. The Labute approximate surface area is 111 Å². The van der Waals surface area contributed by atoms with Crippen molar-refractivity contribution in [2.45, 2.75) is 32.2 Å². The van der Waals surface area contributed by atoms with Gasteiger partial charge in [0.1, 0.15) is 12.2 Å². The Bertz CT molecular complexity index is 449. The molecule has 0 saturated carbocycles. The Balaban J connectivity index is 2.71. The normalized spacial score (nSPS) is 15.7. The highest BCUT2D eigenvalue weighted by molar-refractivity contribution is 5.94.